The second-order valence-corrected chi connectivity index (χ2v) is 3.72. The van der Waals surface area contributed by atoms with Crippen molar-refractivity contribution < 1.29 is 4.79 Å². The lowest BCUT2D eigenvalue weighted by atomic mass is 10.1. The van der Waals surface area contributed by atoms with Gasteiger partial charge < -0.3 is 10.6 Å². The van der Waals surface area contributed by atoms with Crippen LogP contribution in [0.5, 0.6) is 0 Å². The molecule has 0 unspecified atom stereocenters. The van der Waals surface area contributed by atoms with Gasteiger partial charge in [0.2, 0.25) is 5.91 Å². The Kier molecular flexibility index (Phi) is 3.80. The zero-order valence-electron chi connectivity index (χ0n) is 8.39. The first-order valence-corrected chi connectivity index (χ1v) is 4.93. The van der Waals surface area contributed by atoms with E-state index in [9.17, 15) is 4.79 Å². The highest BCUT2D eigenvalue weighted by molar-refractivity contribution is 5.88. The minimum Gasteiger partial charge on any atom is -0.388 e. The van der Waals surface area contributed by atoms with Crippen molar-refractivity contribution in [2.75, 3.05) is 6.54 Å². The number of carbonyl (C=O) groups excluding carboxylic acids is 1. The van der Waals surface area contributed by atoms with E-state index in [0.717, 1.165) is 18.7 Å². The van der Waals surface area contributed by atoms with Gasteiger partial charge in [-0.05, 0) is 33.1 Å². The lowest BCUT2D eigenvalue weighted by molar-refractivity contribution is -0.117. The molecule has 0 aromatic rings. The SMILES string of the molecule is CC(C)NC(=O)/C=C1/CCCCN1. The van der Waals surface area contributed by atoms with Crippen molar-refractivity contribution in [2.45, 2.75) is 39.2 Å². The molecule has 1 aliphatic rings. The molecule has 0 saturated carbocycles. The van der Waals surface area contributed by atoms with Gasteiger partial charge in [0, 0.05) is 24.4 Å². The quantitative estimate of drug-likeness (QED) is 0.629. The molecule has 1 fully saturated rings. The van der Waals surface area contributed by atoms with Gasteiger partial charge in [0.15, 0.2) is 0 Å². The summed E-state index contributed by atoms with van der Waals surface area (Å²) >= 11 is 0. The summed E-state index contributed by atoms with van der Waals surface area (Å²) in [5.41, 5.74) is 1.07. The van der Waals surface area contributed by atoms with Gasteiger partial charge in [-0.15, -0.1) is 0 Å². The van der Waals surface area contributed by atoms with Gasteiger partial charge in [0.05, 0.1) is 0 Å². The highest BCUT2D eigenvalue weighted by atomic mass is 16.1. The van der Waals surface area contributed by atoms with Gasteiger partial charge in [-0.1, -0.05) is 0 Å². The van der Waals surface area contributed by atoms with Gasteiger partial charge in [0.1, 0.15) is 0 Å². The average molecular weight is 182 g/mol. The van der Waals surface area contributed by atoms with Crippen molar-refractivity contribution in [2.24, 2.45) is 0 Å². The predicted octanol–water partition coefficient (Wildman–Crippen LogP) is 1.17. The Labute approximate surface area is 79.6 Å². The molecule has 1 aliphatic heterocycles. The number of hydrogen-bond donors (Lipinski definition) is 2. The molecule has 1 heterocycles. The van der Waals surface area contributed by atoms with Crippen molar-refractivity contribution in [1.82, 2.24) is 10.6 Å². The molecule has 0 aromatic carbocycles. The molecule has 0 atom stereocenters. The van der Waals surface area contributed by atoms with E-state index >= 15 is 0 Å². The second-order valence-electron chi connectivity index (χ2n) is 3.72. The third kappa shape index (κ3) is 3.97. The molecular formula is C10H18N2O. The monoisotopic (exact) mass is 182 g/mol. The van der Waals surface area contributed by atoms with Gasteiger partial charge in [-0.25, -0.2) is 0 Å². The molecule has 1 saturated heterocycles. The molecule has 0 aliphatic carbocycles. The molecular weight excluding hydrogens is 164 g/mol. The fraction of sp³-hybridized carbons (Fsp3) is 0.700. The first kappa shape index (κ1) is 10.1. The summed E-state index contributed by atoms with van der Waals surface area (Å²) in [5.74, 6) is 0.0133. The van der Waals surface area contributed by atoms with Crippen molar-refractivity contribution >= 4 is 5.91 Å². The number of nitrogens with one attached hydrogen (secondary N) is 2. The summed E-state index contributed by atoms with van der Waals surface area (Å²) < 4.78 is 0. The lowest BCUT2D eigenvalue weighted by Gasteiger charge is -2.16. The summed E-state index contributed by atoms with van der Waals surface area (Å²) in [6.07, 6.45) is 5.08. The number of hydrogen-bond acceptors (Lipinski definition) is 2. The molecule has 3 heteroatoms. The van der Waals surface area contributed by atoms with E-state index in [1.54, 1.807) is 6.08 Å². The van der Waals surface area contributed by atoms with Crippen LogP contribution in [-0.4, -0.2) is 18.5 Å². The third-order valence-electron chi connectivity index (χ3n) is 1.96. The summed E-state index contributed by atoms with van der Waals surface area (Å²) in [5, 5.41) is 6.06. The van der Waals surface area contributed by atoms with Crippen molar-refractivity contribution in [3.8, 4) is 0 Å². The van der Waals surface area contributed by atoms with Crippen LogP contribution in [0.1, 0.15) is 33.1 Å². The first-order chi connectivity index (χ1) is 6.18. The van der Waals surface area contributed by atoms with Crippen LogP contribution in [0.3, 0.4) is 0 Å². The summed E-state index contributed by atoms with van der Waals surface area (Å²) in [7, 11) is 0. The van der Waals surface area contributed by atoms with Crippen LogP contribution in [-0.2, 0) is 4.79 Å². The normalized spacial score (nSPS) is 20.1. The molecule has 0 bridgehead atoms. The molecule has 3 nitrogen and oxygen atoms in total. The minimum atomic E-state index is 0.0133. The highest BCUT2D eigenvalue weighted by Gasteiger charge is 2.06. The molecule has 13 heavy (non-hydrogen) atoms. The van der Waals surface area contributed by atoms with Crippen LogP contribution in [0.25, 0.3) is 0 Å². The van der Waals surface area contributed by atoms with Gasteiger partial charge in [-0.2, -0.15) is 0 Å². The Morgan fingerprint density at radius 1 is 1.54 bits per heavy atom. The van der Waals surface area contributed by atoms with Crippen LogP contribution < -0.4 is 10.6 Å². The smallest absolute Gasteiger partial charge is 0.245 e. The van der Waals surface area contributed by atoms with Gasteiger partial charge >= 0.3 is 0 Å². The Bertz CT molecular complexity index is 201. The average Bonchev–Trinajstić information content (AvgIpc) is 2.04. The fourth-order valence-corrected chi connectivity index (χ4v) is 1.39. The Balaban J connectivity index is 2.39. The van der Waals surface area contributed by atoms with Crippen LogP contribution in [0.15, 0.2) is 11.8 Å². The van der Waals surface area contributed by atoms with Crippen LogP contribution in [0.2, 0.25) is 0 Å². The van der Waals surface area contributed by atoms with E-state index in [1.807, 2.05) is 13.8 Å². The molecule has 2 N–H and O–H groups in total. The second kappa shape index (κ2) is 4.90. The van der Waals surface area contributed by atoms with Crippen LogP contribution in [0, 0.1) is 0 Å². The minimum absolute atomic E-state index is 0.0133. The number of rotatable bonds is 2. The molecule has 1 rings (SSSR count). The maximum absolute atomic E-state index is 11.3. The molecule has 74 valence electrons. The largest absolute Gasteiger partial charge is 0.388 e. The predicted molar refractivity (Wildman–Crippen MR) is 53.2 cm³/mol. The van der Waals surface area contributed by atoms with E-state index in [1.165, 1.54) is 12.8 Å². The Morgan fingerprint density at radius 2 is 2.31 bits per heavy atom. The molecule has 0 spiro atoms. The standard InChI is InChI=1S/C10H18N2O/c1-8(2)12-10(13)7-9-5-3-4-6-11-9/h7-8,11H,3-6H2,1-2H3,(H,12,13)/b9-7-. The van der Waals surface area contributed by atoms with E-state index in [0.29, 0.717) is 0 Å². The number of piperidine rings is 1. The number of allylic oxidation sites excluding steroid dienone is 1. The van der Waals surface area contributed by atoms with E-state index in [2.05, 4.69) is 10.6 Å². The van der Waals surface area contributed by atoms with Gasteiger partial charge in [0.25, 0.3) is 0 Å². The zero-order chi connectivity index (χ0) is 9.68. The van der Waals surface area contributed by atoms with E-state index in [4.69, 9.17) is 0 Å². The zero-order valence-corrected chi connectivity index (χ0v) is 8.39. The Hall–Kier alpha value is -0.990. The number of amides is 1. The first-order valence-electron chi connectivity index (χ1n) is 4.93. The van der Waals surface area contributed by atoms with Crippen molar-refractivity contribution in [1.29, 1.82) is 0 Å². The number of carbonyl (C=O) groups is 1. The van der Waals surface area contributed by atoms with Crippen LogP contribution in [0.4, 0.5) is 0 Å². The maximum Gasteiger partial charge on any atom is 0.245 e. The van der Waals surface area contributed by atoms with Crippen LogP contribution >= 0.6 is 0 Å². The topological polar surface area (TPSA) is 41.1 Å². The third-order valence-corrected chi connectivity index (χ3v) is 1.96. The summed E-state index contributed by atoms with van der Waals surface area (Å²) in [4.78, 5) is 11.3. The maximum atomic E-state index is 11.3. The molecule has 0 aromatic heterocycles. The van der Waals surface area contributed by atoms with E-state index < -0.39 is 0 Å². The summed E-state index contributed by atoms with van der Waals surface area (Å²) in [6, 6.07) is 0.216. The molecule has 1 amide bonds. The van der Waals surface area contributed by atoms with E-state index in [-0.39, 0.29) is 11.9 Å². The van der Waals surface area contributed by atoms with Crippen molar-refractivity contribution in [3.05, 3.63) is 11.8 Å². The molecule has 0 radical (unpaired) electrons. The fourth-order valence-electron chi connectivity index (χ4n) is 1.39. The van der Waals surface area contributed by atoms with Crippen molar-refractivity contribution in [3.63, 3.8) is 0 Å². The highest BCUT2D eigenvalue weighted by Crippen LogP contribution is 2.09. The summed E-state index contributed by atoms with van der Waals surface area (Å²) in [6.45, 7) is 4.93. The van der Waals surface area contributed by atoms with Gasteiger partial charge in [-0.3, -0.25) is 4.79 Å². The lowest BCUT2D eigenvalue weighted by Crippen LogP contribution is -2.30. The Morgan fingerprint density at radius 3 is 2.85 bits per heavy atom.